The molecule has 1 unspecified atom stereocenters. The molecule has 1 heterocycles. The highest BCUT2D eigenvalue weighted by Crippen LogP contribution is 2.40. The molecule has 1 saturated carbocycles. The average Bonchev–Trinajstić information content (AvgIpc) is 3.16. The predicted molar refractivity (Wildman–Crippen MR) is 137 cm³/mol. The van der Waals surface area contributed by atoms with Crippen LogP contribution in [0.1, 0.15) is 62.2 Å². The summed E-state index contributed by atoms with van der Waals surface area (Å²) in [6.07, 6.45) is 3.98. The molecule has 39 heavy (non-hydrogen) atoms. The molecule has 3 N–H and O–H groups in total. The molecule has 0 spiro atoms. The van der Waals surface area contributed by atoms with Crippen molar-refractivity contribution in [2.24, 2.45) is 16.6 Å². The van der Waals surface area contributed by atoms with E-state index in [0.717, 1.165) is 38.2 Å². The monoisotopic (exact) mass is 547 g/mol. The van der Waals surface area contributed by atoms with Gasteiger partial charge in [0.25, 0.3) is 5.91 Å². The predicted octanol–water partition coefficient (Wildman–Crippen LogP) is 3.83. The first-order valence-corrected chi connectivity index (χ1v) is 12.9. The third-order valence-electron chi connectivity index (χ3n) is 7.46. The lowest BCUT2D eigenvalue weighted by Gasteiger charge is -2.39. The molecule has 9 nitrogen and oxygen atoms in total. The summed E-state index contributed by atoms with van der Waals surface area (Å²) in [5, 5.41) is 2.59. The largest absolute Gasteiger partial charge is 0.573 e. The van der Waals surface area contributed by atoms with E-state index >= 15 is 0 Å². The van der Waals surface area contributed by atoms with E-state index in [9.17, 15) is 27.6 Å². The van der Waals surface area contributed by atoms with Crippen molar-refractivity contribution in [3.8, 4) is 5.75 Å². The van der Waals surface area contributed by atoms with Gasteiger partial charge in [0.2, 0.25) is 17.8 Å². The van der Waals surface area contributed by atoms with Gasteiger partial charge in [0.1, 0.15) is 5.75 Å². The molecular formula is C27H32F3N5O4. The van der Waals surface area contributed by atoms with E-state index in [1.54, 1.807) is 22.9 Å². The fourth-order valence-electron chi connectivity index (χ4n) is 5.26. The number of primary amides is 1. The van der Waals surface area contributed by atoms with Gasteiger partial charge in [-0.3, -0.25) is 19.7 Å². The Hall–Kier alpha value is -3.83. The number of likely N-dealkylation sites (N-methyl/N-ethyl adjacent to an activating group) is 1. The van der Waals surface area contributed by atoms with Crippen LogP contribution in [0.15, 0.2) is 52.8 Å². The maximum Gasteiger partial charge on any atom is 0.573 e. The van der Waals surface area contributed by atoms with Gasteiger partial charge in [-0.2, -0.15) is 0 Å². The van der Waals surface area contributed by atoms with Crippen molar-refractivity contribution in [1.82, 2.24) is 15.1 Å². The number of halogens is 3. The van der Waals surface area contributed by atoms with E-state index in [2.05, 4.69) is 15.0 Å². The van der Waals surface area contributed by atoms with E-state index in [4.69, 9.17) is 5.73 Å². The van der Waals surface area contributed by atoms with E-state index in [1.165, 1.54) is 18.2 Å². The molecule has 3 amide bonds. The third-order valence-corrected chi connectivity index (χ3v) is 7.46. The number of guanidine groups is 1. The first-order valence-electron chi connectivity index (χ1n) is 12.9. The number of benzene rings is 1. The Morgan fingerprint density at radius 2 is 1.90 bits per heavy atom. The Morgan fingerprint density at radius 3 is 2.56 bits per heavy atom. The molecule has 1 aromatic carbocycles. The first kappa shape index (κ1) is 28.2. The molecule has 0 aromatic heterocycles. The van der Waals surface area contributed by atoms with Gasteiger partial charge < -0.3 is 20.3 Å². The Morgan fingerprint density at radius 1 is 1.21 bits per heavy atom. The van der Waals surface area contributed by atoms with Crippen molar-refractivity contribution < 1.29 is 32.3 Å². The fourth-order valence-corrected chi connectivity index (χ4v) is 5.26. The second-order valence-corrected chi connectivity index (χ2v) is 10.2. The number of fused-ring (bicyclic) bond motifs is 1. The summed E-state index contributed by atoms with van der Waals surface area (Å²) in [4.78, 5) is 45.7. The minimum absolute atomic E-state index is 0.0238. The van der Waals surface area contributed by atoms with E-state index in [0.29, 0.717) is 17.8 Å². The Balaban J connectivity index is 1.60. The topological polar surface area (TPSA) is 117 Å². The number of carbonyl (C=O) groups is 3. The van der Waals surface area contributed by atoms with Crippen molar-refractivity contribution in [2.75, 3.05) is 13.6 Å². The molecule has 0 saturated heterocycles. The van der Waals surface area contributed by atoms with Gasteiger partial charge in [-0.05, 0) is 44.4 Å². The quantitative estimate of drug-likeness (QED) is 0.538. The zero-order valence-corrected chi connectivity index (χ0v) is 21.9. The first-order chi connectivity index (χ1) is 18.4. The van der Waals surface area contributed by atoms with Crippen LogP contribution in [-0.4, -0.2) is 59.0 Å². The van der Waals surface area contributed by atoms with Gasteiger partial charge in [-0.25, -0.2) is 4.99 Å². The number of nitrogens with one attached hydrogen (secondary N) is 1. The van der Waals surface area contributed by atoms with Gasteiger partial charge >= 0.3 is 6.36 Å². The molecule has 0 bridgehead atoms. The third kappa shape index (κ3) is 6.26. The molecule has 0 radical (unpaired) electrons. The highest BCUT2D eigenvalue weighted by molar-refractivity contribution is 6.08. The smallest absolute Gasteiger partial charge is 0.405 e. The number of ether oxygens (including phenoxy) is 1. The van der Waals surface area contributed by atoms with Crippen molar-refractivity contribution in [2.45, 2.75) is 63.8 Å². The van der Waals surface area contributed by atoms with Crippen LogP contribution in [0, 0.1) is 5.92 Å². The number of rotatable bonds is 7. The van der Waals surface area contributed by atoms with Gasteiger partial charge in [0.15, 0.2) is 0 Å². The van der Waals surface area contributed by atoms with Gasteiger partial charge in [0, 0.05) is 31.6 Å². The van der Waals surface area contributed by atoms with Crippen molar-refractivity contribution in [3.63, 3.8) is 0 Å². The maximum absolute atomic E-state index is 13.1. The molecular weight excluding hydrogens is 515 g/mol. The average molecular weight is 548 g/mol. The number of para-hydroxylation sites is 1. The minimum atomic E-state index is -4.98. The molecule has 4 rings (SSSR count). The Bertz CT molecular complexity index is 1240. The summed E-state index contributed by atoms with van der Waals surface area (Å²) in [5.74, 6) is -1.99. The highest BCUT2D eigenvalue weighted by Gasteiger charge is 2.45. The number of carbonyl (C=O) groups excluding carboxylic acids is 3. The van der Waals surface area contributed by atoms with E-state index < -0.39 is 29.5 Å². The van der Waals surface area contributed by atoms with Crippen LogP contribution in [-0.2, 0) is 9.59 Å². The van der Waals surface area contributed by atoms with E-state index in [1.807, 2.05) is 13.0 Å². The fraction of sp³-hybridized carbons (Fsp3) is 0.481. The second kappa shape index (κ2) is 11.1. The summed E-state index contributed by atoms with van der Waals surface area (Å²) < 4.78 is 42.7. The molecule has 3 aliphatic rings. The molecule has 1 aliphatic heterocycles. The molecule has 1 atom stereocenters. The van der Waals surface area contributed by atoms with Crippen LogP contribution < -0.4 is 15.8 Å². The van der Waals surface area contributed by atoms with Crippen molar-refractivity contribution in [1.29, 1.82) is 0 Å². The highest BCUT2D eigenvalue weighted by atomic mass is 19.4. The number of nitrogens with zero attached hydrogens (tertiary/aromatic N) is 3. The van der Waals surface area contributed by atoms with Crippen LogP contribution in [0.5, 0.6) is 5.75 Å². The van der Waals surface area contributed by atoms with Crippen molar-refractivity contribution in [3.05, 3.63) is 53.4 Å². The number of amides is 3. The minimum Gasteiger partial charge on any atom is -0.405 e. The van der Waals surface area contributed by atoms with Crippen LogP contribution in [0.2, 0.25) is 0 Å². The summed E-state index contributed by atoms with van der Waals surface area (Å²) in [6.45, 7) is 1.99. The van der Waals surface area contributed by atoms with Crippen LogP contribution >= 0.6 is 0 Å². The molecule has 2 aliphatic carbocycles. The van der Waals surface area contributed by atoms with Gasteiger partial charge in [-0.15, -0.1) is 13.2 Å². The van der Waals surface area contributed by atoms with E-state index in [-0.39, 0.29) is 36.3 Å². The summed E-state index contributed by atoms with van der Waals surface area (Å²) >= 11 is 0. The lowest BCUT2D eigenvalue weighted by atomic mass is 9.86. The SMILES string of the molecule is CN(C(=O)C1CCCCC1)C1=CCC2(C)C(=C1)N=C(NC(=O)c1ccccc1OC(F)(F)F)N2CCC(N)=O. The summed E-state index contributed by atoms with van der Waals surface area (Å²) in [5.41, 5.74) is 5.48. The maximum atomic E-state index is 13.1. The summed E-state index contributed by atoms with van der Waals surface area (Å²) in [6, 6.07) is 4.99. The number of aliphatic imine (C=N–C) groups is 1. The Labute approximate surface area is 224 Å². The Kier molecular flexibility index (Phi) is 8.03. The lowest BCUT2D eigenvalue weighted by Crippen LogP contribution is -2.53. The number of hydrogen-bond donors (Lipinski definition) is 2. The van der Waals surface area contributed by atoms with Gasteiger partial charge in [-0.1, -0.05) is 37.5 Å². The van der Waals surface area contributed by atoms with Crippen LogP contribution in [0.4, 0.5) is 13.2 Å². The molecule has 210 valence electrons. The molecule has 1 fully saturated rings. The summed E-state index contributed by atoms with van der Waals surface area (Å²) in [7, 11) is 1.73. The normalized spacial score (nSPS) is 21.4. The molecule has 12 heteroatoms. The number of alkyl halides is 3. The standard InChI is InChI=1S/C27H32F3N5O4/c1-26-14-12-18(34(2)24(38)17-8-4-3-5-9-17)16-21(26)32-25(35(26)15-13-22(31)36)33-23(37)19-10-6-7-11-20(19)39-27(28,29)30/h6-7,10-12,16-17H,3-5,8-9,13-15H2,1-2H3,(H2,31,36)(H,32,33,37). The zero-order chi connectivity index (χ0) is 28.4. The van der Waals surface area contributed by atoms with Crippen molar-refractivity contribution >= 4 is 23.7 Å². The second-order valence-electron chi connectivity index (χ2n) is 10.2. The zero-order valence-electron chi connectivity index (χ0n) is 21.9. The lowest BCUT2D eigenvalue weighted by molar-refractivity contribution is -0.274. The van der Waals surface area contributed by atoms with Crippen LogP contribution in [0.25, 0.3) is 0 Å². The number of hydrogen-bond acceptors (Lipinski definition) is 6. The van der Waals surface area contributed by atoms with Crippen LogP contribution in [0.3, 0.4) is 0 Å². The number of allylic oxidation sites excluding steroid dienone is 1. The molecule has 1 aromatic rings. The number of nitrogens with two attached hydrogens (primary N) is 1. The van der Waals surface area contributed by atoms with Gasteiger partial charge in [0.05, 0.1) is 16.8 Å².